The van der Waals surface area contributed by atoms with Crippen LogP contribution in [0.5, 0.6) is 0 Å². The molecule has 2 amide bonds. The van der Waals surface area contributed by atoms with E-state index in [-0.39, 0.29) is 30.4 Å². The van der Waals surface area contributed by atoms with Crippen molar-refractivity contribution in [1.29, 1.82) is 0 Å². The molecule has 0 rings (SSSR count). The number of rotatable bonds is 23. The number of carbonyl (C=O) groups excluding carboxylic acids is 2. The van der Waals surface area contributed by atoms with Gasteiger partial charge in [0.2, 0.25) is 11.8 Å². The third-order valence-electron chi connectivity index (χ3n) is 4.90. The van der Waals surface area contributed by atoms with Crippen molar-refractivity contribution in [3.63, 3.8) is 0 Å². The predicted octanol–water partition coefficient (Wildman–Crippen LogP) is 3.08. The lowest BCUT2D eigenvalue weighted by Gasteiger charge is -2.10. The third kappa shape index (κ3) is 22.0. The van der Waals surface area contributed by atoms with Crippen molar-refractivity contribution in [3.05, 3.63) is 0 Å². The van der Waals surface area contributed by atoms with Crippen molar-refractivity contribution in [3.8, 4) is 0 Å². The highest BCUT2D eigenvalue weighted by Gasteiger charge is 2.08. The molecule has 0 aliphatic carbocycles. The Kier molecular flexibility index (Phi) is 22.1. The summed E-state index contributed by atoms with van der Waals surface area (Å²) in [7, 11) is 0. The van der Waals surface area contributed by atoms with Crippen LogP contribution in [0, 0.1) is 5.92 Å². The number of nitrogens with one attached hydrogen (secondary N) is 2. The molecule has 0 fully saturated rings. The van der Waals surface area contributed by atoms with Crippen LogP contribution < -0.4 is 10.6 Å². The first-order valence-corrected chi connectivity index (χ1v) is 12.4. The van der Waals surface area contributed by atoms with E-state index in [2.05, 4.69) is 10.6 Å². The second-order valence-corrected chi connectivity index (χ2v) is 8.27. The molecule has 190 valence electrons. The van der Waals surface area contributed by atoms with Crippen LogP contribution in [0.1, 0.15) is 72.6 Å². The summed E-state index contributed by atoms with van der Waals surface area (Å²) in [6, 6.07) is 0. The van der Waals surface area contributed by atoms with Gasteiger partial charge in [-0.05, 0) is 58.8 Å². The van der Waals surface area contributed by atoms with Crippen LogP contribution in [0.15, 0.2) is 0 Å². The normalized spacial score (nSPS) is 12.2. The summed E-state index contributed by atoms with van der Waals surface area (Å²) in [6.45, 7) is 13.1. The van der Waals surface area contributed by atoms with E-state index in [9.17, 15) is 9.59 Å². The minimum atomic E-state index is -0.0569. The molecule has 0 aromatic carbocycles. The summed E-state index contributed by atoms with van der Waals surface area (Å²) in [5, 5.41) is 5.81. The van der Waals surface area contributed by atoms with Gasteiger partial charge in [0.1, 0.15) is 6.61 Å². The topological polar surface area (TPSA) is 95.1 Å². The molecule has 0 saturated heterocycles. The number of hydrogen-bond acceptors (Lipinski definition) is 6. The van der Waals surface area contributed by atoms with Crippen molar-refractivity contribution >= 4 is 11.8 Å². The van der Waals surface area contributed by atoms with E-state index in [4.69, 9.17) is 18.9 Å². The van der Waals surface area contributed by atoms with Crippen LogP contribution in [0.25, 0.3) is 0 Å². The minimum absolute atomic E-state index is 0.0569. The van der Waals surface area contributed by atoms with Crippen molar-refractivity contribution in [2.75, 3.05) is 59.3 Å². The minimum Gasteiger partial charge on any atom is -0.379 e. The van der Waals surface area contributed by atoms with Gasteiger partial charge in [0.15, 0.2) is 0 Å². The van der Waals surface area contributed by atoms with Crippen LogP contribution in [-0.2, 0) is 28.5 Å². The molecular formula is C24H48N2O6. The lowest BCUT2D eigenvalue weighted by Crippen LogP contribution is -2.29. The highest BCUT2D eigenvalue weighted by atomic mass is 16.5. The van der Waals surface area contributed by atoms with Gasteiger partial charge in [-0.1, -0.05) is 13.8 Å². The Bertz CT molecular complexity index is 448. The lowest BCUT2D eigenvalue weighted by atomic mass is 10.1. The fraction of sp³-hybridized carbons (Fsp3) is 0.917. The van der Waals surface area contributed by atoms with Gasteiger partial charge in [-0.3, -0.25) is 9.59 Å². The molecule has 0 bridgehead atoms. The first-order valence-electron chi connectivity index (χ1n) is 12.4. The number of hydrogen-bond donors (Lipinski definition) is 2. The molecule has 0 aliphatic heterocycles. The van der Waals surface area contributed by atoms with E-state index in [1.807, 2.05) is 27.7 Å². The zero-order valence-electron chi connectivity index (χ0n) is 20.9. The van der Waals surface area contributed by atoms with Gasteiger partial charge in [0.25, 0.3) is 0 Å². The summed E-state index contributed by atoms with van der Waals surface area (Å²) >= 11 is 0. The van der Waals surface area contributed by atoms with Crippen LogP contribution >= 0.6 is 0 Å². The van der Waals surface area contributed by atoms with E-state index in [0.717, 1.165) is 58.1 Å². The Balaban J connectivity index is 3.16. The highest BCUT2D eigenvalue weighted by Crippen LogP contribution is 2.01. The first-order chi connectivity index (χ1) is 15.5. The number of amides is 2. The van der Waals surface area contributed by atoms with Gasteiger partial charge in [0, 0.05) is 32.2 Å². The SMILES string of the molecule is CCC(C)C(=O)NCCCCCOCCOCCOCCCCCNC(=O)COC(C)C. The monoisotopic (exact) mass is 460 g/mol. The summed E-state index contributed by atoms with van der Waals surface area (Å²) in [5.41, 5.74) is 0. The molecular weight excluding hydrogens is 412 g/mol. The van der Waals surface area contributed by atoms with Gasteiger partial charge < -0.3 is 29.6 Å². The molecule has 0 spiro atoms. The molecule has 0 aromatic rings. The molecule has 2 N–H and O–H groups in total. The van der Waals surface area contributed by atoms with Crippen LogP contribution in [0.4, 0.5) is 0 Å². The molecule has 0 radical (unpaired) electrons. The maximum Gasteiger partial charge on any atom is 0.246 e. The van der Waals surface area contributed by atoms with Gasteiger partial charge in [0.05, 0.1) is 32.5 Å². The Morgan fingerprint density at radius 1 is 0.688 bits per heavy atom. The Morgan fingerprint density at radius 3 is 1.69 bits per heavy atom. The molecule has 0 aliphatic rings. The molecule has 8 heteroatoms. The summed E-state index contributed by atoms with van der Waals surface area (Å²) in [4.78, 5) is 23.1. The smallest absolute Gasteiger partial charge is 0.246 e. The number of carbonyl (C=O) groups is 2. The average molecular weight is 461 g/mol. The largest absolute Gasteiger partial charge is 0.379 e. The average Bonchev–Trinajstić information content (AvgIpc) is 2.78. The van der Waals surface area contributed by atoms with Crippen molar-refractivity contribution < 1.29 is 28.5 Å². The molecule has 32 heavy (non-hydrogen) atoms. The van der Waals surface area contributed by atoms with Crippen LogP contribution in [0.2, 0.25) is 0 Å². The van der Waals surface area contributed by atoms with Gasteiger partial charge in [-0.25, -0.2) is 0 Å². The van der Waals surface area contributed by atoms with Gasteiger partial charge in [-0.15, -0.1) is 0 Å². The molecule has 0 saturated carbocycles. The maximum absolute atomic E-state index is 11.6. The summed E-state index contributed by atoms with van der Waals surface area (Å²) in [6.07, 6.45) is 6.93. The van der Waals surface area contributed by atoms with E-state index in [1.54, 1.807) is 0 Å². The van der Waals surface area contributed by atoms with Crippen LogP contribution in [0.3, 0.4) is 0 Å². The summed E-state index contributed by atoms with van der Waals surface area (Å²) < 4.78 is 21.8. The van der Waals surface area contributed by atoms with E-state index in [0.29, 0.717) is 39.6 Å². The quantitative estimate of drug-likeness (QED) is 0.228. The van der Waals surface area contributed by atoms with E-state index < -0.39 is 0 Å². The molecule has 1 atom stereocenters. The molecule has 8 nitrogen and oxygen atoms in total. The molecule has 0 heterocycles. The van der Waals surface area contributed by atoms with Crippen molar-refractivity contribution in [2.45, 2.75) is 78.7 Å². The zero-order chi connectivity index (χ0) is 23.9. The Hall–Kier alpha value is -1.22. The van der Waals surface area contributed by atoms with Crippen molar-refractivity contribution in [2.24, 2.45) is 5.92 Å². The second-order valence-electron chi connectivity index (χ2n) is 8.27. The number of ether oxygens (including phenoxy) is 4. The first kappa shape index (κ1) is 30.8. The third-order valence-corrected chi connectivity index (χ3v) is 4.90. The highest BCUT2D eigenvalue weighted by molar-refractivity contribution is 5.78. The van der Waals surface area contributed by atoms with Gasteiger partial charge in [-0.2, -0.15) is 0 Å². The maximum atomic E-state index is 11.6. The fourth-order valence-electron chi connectivity index (χ4n) is 2.65. The molecule has 0 aromatic heterocycles. The molecule has 1 unspecified atom stereocenters. The predicted molar refractivity (Wildman–Crippen MR) is 127 cm³/mol. The lowest BCUT2D eigenvalue weighted by molar-refractivity contribution is -0.127. The van der Waals surface area contributed by atoms with Crippen LogP contribution in [-0.4, -0.2) is 77.3 Å². The zero-order valence-corrected chi connectivity index (χ0v) is 20.9. The van der Waals surface area contributed by atoms with Gasteiger partial charge >= 0.3 is 0 Å². The number of unbranched alkanes of at least 4 members (excludes halogenated alkanes) is 4. The van der Waals surface area contributed by atoms with Crippen molar-refractivity contribution in [1.82, 2.24) is 10.6 Å². The van der Waals surface area contributed by atoms with E-state index in [1.165, 1.54) is 0 Å². The fourth-order valence-corrected chi connectivity index (χ4v) is 2.65. The Morgan fingerprint density at radius 2 is 1.19 bits per heavy atom. The Labute approximate surface area is 195 Å². The van der Waals surface area contributed by atoms with E-state index >= 15 is 0 Å². The summed E-state index contributed by atoms with van der Waals surface area (Å²) in [5.74, 6) is 0.196. The standard InChI is InChI=1S/C24H48N2O6/c1-5-22(4)24(28)26-13-9-7-11-15-30-17-19-31-18-16-29-14-10-6-8-12-25-23(27)20-32-21(2)3/h21-22H,5-20H2,1-4H3,(H,25,27)(H,26,28). The second kappa shape index (κ2) is 23.0.